The van der Waals surface area contributed by atoms with Crippen molar-refractivity contribution < 1.29 is 15.7 Å². The Hall–Kier alpha value is -1.96. The normalized spacial score (nSPS) is 18.1. The van der Waals surface area contributed by atoms with E-state index in [9.17, 15) is 0 Å². The fourth-order valence-corrected chi connectivity index (χ4v) is 5.67. The molecule has 1 spiro atoms. The molecule has 0 saturated carbocycles. The van der Waals surface area contributed by atoms with Crippen molar-refractivity contribution in [3.05, 3.63) is 113 Å². The first-order chi connectivity index (χ1) is 16.6. The zero-order valence-electron chi connectivity index (χ0n) is 19.2. The Morgan fingerprint density at radius 2 is 1.68 bits per heavy atom. The van der Waals surface area contributed by atoms with Crippen LogP contribution in [0.2, 0.25) is 0 Å². The summed E-state index contributed by atoms with van der Waals surface area (Å²) in [4.78, 5) is 4.54. The second-order valence-corrected chi connectivity index (χ2v) is 12.7. The number of nitrogens with zero attached hydrogens (tertiary/aromatic N) is 1. The summed E-state index contributed by atoms with van der Waals surface area (Å²) < 4.78 is 0. The van der Waals surface area contributed by atoms with Crippen LogP contribution in [0.4, 0.5) is 0 Å². The number of hydrogen-bond acceptors (Lipinski definition) is 1. The fraction of sp³-hybridized carbons (Fsp3) is 0.233. The van der Waals surface area contributed by atoms with E-state index in [1.165, 1.54) is 45.4 Å². The molecule has 4 aromatic rings. The molecule has 0 saturated heterocycles. The Bertz CT molecular complexity index is 1320. The summed E-state index contributed by atoms with van der Waals surface area (Å²) in [5.41, 5.74) is 12.3. The second kappa shape index (κ2) is 9.96. The SMILES string of the molecule is CCC(C)c1ccc2c(c1)C1(Cc3c[c-]c(-c4ccccn4)cc3C1)c1ccccc1-2.[Cl][Ir+][Cl]. The van der Waals surface area contributed by atoms with Gasteiger partial charge in [0.25, 0.3) is 0 Å². The Morgan fingerprint density at radius 3 is 2.44 bits per heavy atom. The maximum atomic E-state index is 4.89. The van der Waals surface area contributed by atoms with Gasteiger partial charge in [-0.3, -0.25) is 0 Å². The van der Waals surface area contributed by atoms with Gasteiger partial charge in [0.05, 0.1) is 0 Å². The zero-order chi connectivity index (χ0) is 23.7. The van der Waals surface area contributed by atoms with Crippen LogP contribution in [0.5, 0.6) is 0 Å². The first-order valence-corrected chi connectivity index (χ1v) is 17.6. The molecule has 0 fully saturated rings. The van der Waals surface area contributed by atoms with Crippen molar-refractivity contribution >= 4 is 19.2 Å². The number of pyridine rings is 1. The Morgan fingerprint density at radius 1 is 0.941 bits per heavy atom. The molecule has 3 aromatic carbocycles. The van der Waals surface area contributed by atoms with Crippen molar-refractivity contribution in [3.8, 4) is 22.4 Å². The van der Waals surface area contributed by atoms with E-state index in [1.807, 2.05) is 18.3 Å². The molecule has 0 amide bonds. The second-order valence-electron chi connectivity index (χ2n) is 9.26. The van der Waals surface area contributed by atoms with Crippen LogP contribution in [0.25, 0.3) is 22.4 Å². The van der Waals surface area contributed by atoms with E-state index in [1.54, 1.807) is 0 Å². The summed E-state index contributed by atoms with van der Waals surface area (Å²) in [5, 5.41) is 0. The molecule has 34 heavy (non-hydrogen) atoms. The van der Waals surface area contributed by atoms with Gasteiger partial charge in [-0.2, -0.15) is 0 Å². The third-order valence-electron chi connectivity index (χ3n) is 7.53. The molecular formula is C30H26Cl2IrN. The molecule has 0 bridgehead atoms. The Labute approximate surface area is 218 Å². The predicted molar refractivity (Wildman–Crippen MR) is 139 cm³/mol. The van der Waals surface area contributed by atoms with Gasteiger partial charge >= 0.3 is 34.8 Å². The van der Waals surface area contributed by atoms with Crippen LogP contribution in [0.1, 0.15) is 54.0 Å². The molecule has 1 heterocycles. The predicted octanol–water partition coefficient (Wildman–Crippen LogP) is 8.50. The van der Waals surface area contributed by atoms with Crippen LogP contribution in [0.3, 0.4) is 0 Å². The number of rotatable bonds is 3. The topological polar surface area (TPSA) is 12.9 Å². The molecule has 1 nitrogen and oxygen atoms in total. The Balaban J connectivity index is 0.000000764. The van der Waals surface area contributed by atoms with Crippen LogP contribution in [-0.4, -0.2) is 4.98 Å². The van der Waals surface area contributed by atoms with E-state index < -0.39 is 15.7 Å². The molecular weight excluding hydrogens is 637 g/mol. The van der Waals surface area contributed by atoms with Gasteiger partial charge in [0, 0.05) is 11.6 Å². The first kappa shape index (κ1) is 23.8. The number of benzene rings is 3. The van der Waals surface area contributed by atoms with E-state index in [0.29, 0.717) is 5.92 Å². The molecule has 1 aromatic heterocycles. The van der Waals surface area contributed by atoms with E-state index in [2.05, 4.69) is 85.6 Å². The molecule has 2 atom stereocenters. The molecule has 0 radical (unpaired) electrons. The van der Waals surface area contributed by atoms with Gasteiger partial charge in [-0.15, -0.1) is 34.9 Å². The van der Waals surface area contributed by atoms with Crippen LogP contribution in [-0.2, 0) is 33.9 Å². The van der Waals surface area contributed by atoms with E-state index in [0.717, 1.165) is 24.1 Å². The van der Waals surface area contributed by atoms with Crippen LogP contribution >= 0.6 is 19.2 Å². The summed E-state index contributed by atoms with van der Waals surface area (Å²) in [5.74, 6) is 0.582. The van der Waals surface area contributed by atoms with Crippen molar-refractivity contribution in [1.82, 2.24) is 4.98 Å². The molecule has 4 heteroatoms. The number of fused-ring (bicyclic) bond motifs is 6. The van der Waals surface area contributed by atoms with Crippen molar-refractivity contribution in [2.45, 2.75) is 44.4 Å². The van der Waals surface area contributed by atoms with Gasteiger partial charge in [0.2, 0.25) is 0 Å². The van der Waals surface area contributed by atoms with Gasteiger partial charge in [0.1, 0.15) is 0 Å². The van der Waals surface area contributed by atoms with Crippen molar-refractivity contribution in [2.75, 3.05) is 0 Å². The molecule has 0 N–H and O–H groups in total. The summed E-state index contributed by atoms with van der Waals surface area (Å²) in [6, 6.07) is 30.4. The number of halogens is 2. The van der Waals surface area contributed by atoms with Crippen LogP contribution in [0.15, 0.2) is 79.0 Å². The molecule has 2 unspecified atom stereocenters. The van der Waals surface area contributed by atoms with Gasteiger partial charge in [-0.1, -0.05) is 68.4 Å². The van der Waals surface area contributed by atoms with Crippen molar-refractivity contribution in [2.24, 2.45) is 0 Å². The fourth-order valence-electron chi connectivity index (χ4n) is 5.67. The molecule has 6 rings (SSSR count). The van der Waals surface area contributed by atoms with Crippen molar-refractivity contribution in [3.63, 3.8) is 0 Å². The van der Waals surface area contributed by atoms with Gasteiger partial charge in [-0.05, 0) is 64.8 Å². The molecule has 2 aliphatic carbocycles. The third-order valence-corrected chi connectivity index (χ3v) is 7.53. The monoisotopic (exact) mass is 663 g/mol. The standard InChI is InChI=1S/C30H26N.2ClH.Ir/c1-3-20(2)21-13-14-26-25-8-4-5-9-27(25)30(28(26)17-21)18-23-12-11-22(16-24(23)19-30)29-10-6-7-15-31-29;;;/h4-10,12-17,20H,3,18-19H2,1-2H3;2*1H;/q-1;;;+3/p-2. The number of aromatic nitrogens is 1. The van der Waals surface area contributed by atoms with E-state index >= 15 is 0 Å². The average Bonchev–Trinajstić information content (AvgIpc) is 3.40. The molecule has 2 aliphatic rings. The minimum atomic E-state index is -0.556. The summed E-state index contributed by atoms with van der Waals surface area (Å²) in [6.45, 7) is 4.62. The minimum absolute atomic E-state index is 0.0360. The maximum absolute atomic E-state index is 4.89. The van der Waals surface area contributed by atoms with E-state index in [-0.39, 0.29) is 5.41 Å². The number of hydrogen-bond donors (Lipinski definition) is 0. The summed E-state index contributed by atoms with van der Waals surface area (Å²) in [6.07, 6.45) is 5.12. The van der Waals surface area contributed by atoms with Gasteiger partial charge < -0.3 is 4.98 Å². The molecule has 174 valence electrons. The molecule has 0 aliphatic heterocycles. The summed E-state index contributed by atoms with van der Waals surface area (Å²) in [7, 11) is 9.78. The quantitative estimate of drug-likeness (QED) is 0.201. The van der Waals surface area contributed by atoms with Gasteiger partial charge in [-0.25, -0.2) is 0 Å². The Kier molecular flexibility index (Phi) is 6.96. The summed E-state index contributed by atoms with van der Waals surface area (Å²) >= 11 is -0.556. The van der Waals surface area contributed by atoms with Gasteiger partial charge in [0.15, 0.2) is 0 Å². The third kappa shape index (κ3) is 4.05. The zero-order valence-corrected chi connectivity index (χ0v) is 23.1. The van der Waals surface area contributed by atoms with Crippen LogP contribution in [0, 0.1) is 6.07 Å². The van der Waals surface area contributed by atoms with Crippen LogP contribution < -0.4 is 0 Å². The van der Waals surface area contributed by atoms with Crippen molar-refractivity contribution in [1.29, 1.82) is 0 Å². The average molecular weight is 664 g/mol. The van der Waals surface area contributed by atoms with E-state index in [4.69, 9.17) is 19.2 Å². The first-order valence-electron chi connectivity index (χ1n) is 11.6.